The molecular weight excluding hydrogens is 320 g/mol. The minimum absolute atomic E-state index is 0.0155. The zero-order valence-corrected chi connectivity index (χ0v) is 15.1. The molecule has 0 saturated carbocycles. The topological polar surface area (TPSA) is 68.9 Å². The van der Waals surface area contributed by atoms with Crippen molar-refractivity contribution < 1.29 is 19.0 Å². The van der Waals surface area contributed by atoms with Crippen molar-refractivity contribution in [3.63, 3.8) is 0 Å². The van der Waals surface area contributed by atoms with Crippen molar-refractivity contribution in [2.75, 3.05) is 13.7 Å². The number of fused-ring (bicyclic) bond motifs is 1. The monoisotopic (exact) mass is 344 g/mol. The summed E-state index contributed by atoms with van der Waals surface area (Å²) < 4.78 is 16.1. The molecule has 5 heteroatoms. The number of aromatic hydroxyl groups is 1. The molecule has 25 heavy (non-hydrogen) atoms. The summed E-state index contributed by atoms with van der Waals surface area (Å²) in [6.45, 7) is 6.53. The van der Waals surface area contributed by atoms with Crippen molar-refractivity contribution in [2.24, 2.45) is 0 Å². The van der Waals surface area contributed by atoms with Crippen molar-refractivity contribution in [2.45, 2.75) is 33.6 Å². The van der Waals surface area contributed by atoms with Gasteiger partial charge in [-0.2, -0.15) is 0 Å². The van der Waals surface area contributed by atoms with Crippen molar-refractivity contribution >= 4 is 11.0 Å². The molecule has 0 unspecified atom stereocenters. The Balaban J connectivity index is 2.22. The van der Waals surface area contributed by atoms with E-state index in [-0.39, 0.29) is 17.1 Å². The summed E-state index contributed by atoms with van der Waals surface area (Å²) in [6, 6.07) is 4.52. The second kappa shape index (κ2) is 8.42. The number of hydrogen-bond acceptors (Lipinski definition) is 5. The fraction of sp³-hybridized carbons (Fsp3) is 0.350. The molecule has 2 aromatic rings. The minimum atomic E-state index is -0.639. The molecule has 0 aliphatic heterocycles. The first-order valence-corrected chi connectivity index (χ1v) is 8.18. The van der Waals surface area contributed by atoms with Crippen LogP contribution < -0.4 is 15.1 Å². The van der Waals surface area contributed by atoms with Gasteiger partial charge in [-0.1, -0.05) is 17.2 Å². The summed E-state index contributed by atoms with van der Waals surface area (Å²) in [5, 5.41) is 10.1. The van der Waals surface area contributed by atoms with Gasteiger partial charge in [0.1, 0.15) is 17.9 Å². The van der Waals surface area contributed by atoms with Crippen molar-refractivity contribution in [1.82, 2.24) is 0 Å². The van der Waals surface area contributed by atoms with Crippen LogP contribution in [0.5, 0.6) is 17.2 Å². The lowest BCUT2D eigenvalue weighted by molar-refractivity contribution is 0.315. The highest BCUT2D eigenvalue weighted by atomic mass is 16.5. The number of phenolic OH excluding ortho intramolecular Hbond substituents is 1. The lowest BCUT2D eigenvalue weighted by Crippen LogP contribution is -2.08. The summed E-state index contributed by atoms with van der Waals surface area (Å²) in [5.74, 6) is 0.359. The number of phenols is 1. The average molecular weight is 344 g/mol. The SMILES string of the molecule is COc1c(OC/C=C(\C)CCC=C(C)C)c2ccc(O)cc2oc1=O. The highest BCUT2D eigenvalue weighted by molar-refractivity contribution is 5.86. The molecule has 0 aliphatic carbocycles. The van der Waals surface area contributed by atoms with Crippen LogP contribution in [0.25, 0.3) is 11.0 Å². The van der Waals surface area contributed by atoms with Crippen LogP contribution in [-0.2, 0) is 0 Å². The standard InChI is InChI=1S/C20H24O5/c1-13(2)6-5-7-14(3)10-11-24-18-16-9-8-15(21)12-17(16)25-20(22)19(18)23-4/h6,8-10,12,21H,5,7,11H2,1-4H3/b14-10+. The molecule has 0 aliphatic rings. The molecular formula is C20H24O5. The predicted octanol–water partition coefficient (Wildman–Crippen LogP) is 4.58. The molecule has 1 aromatic carbocycles. The van der Waals surface area contributed by atoms with E-state index in [1.54, 1.807) is 6.07 Å². The van der Waals surface area contributed by atoms with Gasteiger partial charge in [0.05, 0.1) is 12.5 Å². The van der Waals surface area contributed by atoms with E-state index >= 15 is 0 Å². The van der Waals surface area contributed by atoms with Gasteiger partial charge in [-0.25, -0.2) is 4.79 Å². The molecule has 0 fully saturated rings. The Morgan fingerprint density at radius 3 is 2.64 bits per heavy atom. The Kier molecular flexibility index (Phi) is 6.28. The van der Waals surface area contributed by atoms with Crippen LogP contribution in [0.4, 0.5) is 0 Å². The zero-order valence-electron chi connectivity index (χ0n) is 15.1. The first-order chi connectivity index (χ1) is 11.9. The van der Waals surface area contributed by atoms with E-state index in [1.165, 1.54) is 30.4 Å². The van der Waals surface area contributed by atoms with Crippen LogP contribution in [0.2, 0.25) is 0 Å². The van der Waals surface area contributed by atoms with E-state index in [9.17, 15) is 9.90 Å². The summed E-state index contributed by atoms with van der Waals surface area (Å²) in [7, 11) is 1.39. The second-order valence-corrected chi connectivity index (χ2v) is 6.11. The van der Waals surface area contributed by atoms with Crippen LogP contribution in [0, 0.1) is 0 Å². The number of methoxy groups -OCH3 is 1. The highest BCUT2D eigenvalue weighted by Crippen LogP contribution is 2.34. The van der Waals surface area contributed by atoms with E-state index < -0.39 is 5.63 Å². The third kappa shape index (κ3) is 4.89. The summed E-state index contributed by atoms with van der Waals surface area (Å²) in [4.78, 5) is 12.0. The molecule has 134 valence electrons. The third-order valence-electron chi connectivity index (χ3n) is 3.76. The Hall–Kier alpha value is -2.69. The van der Waals surface area contributed by atoms with Crippen LogP contribution >= 0.6 is 0 Å². The first-order valence-electron chi connectivity index (χ1n) is 8.18. The molecule has 0 spiro atoms. The number of rotatable bonds is 7. The van der Waals surface area contributed by atoms with E-state index in [2.05, 4.69) is 26.8 Å². The van der Waals surface area contributed by atoms with Crippen LogP contribution in [0.15, 0.2) is 50.7 Å². The normalized spacial score (nSPS) is 11.4. The summed E-state index contributed by atoms with van der Waals surface area (Å²) in [6.07, 6.45) is 6.13. The Morgan fingerprint density at radius 2 is 1.96 bits per heavy atom. The average Bonchev–Trinajstić information content (AvgIpc) is 2.54. The Labute approximate surface area is 147 Å². The molecule has 0 bridgehead atoms. The van der Waals surface area contributed by atoms with Gasteiger partial charge in [-0.15, -0.1) is 0 Å². The van der Waals surface area contributed by atoms with Gasteiger partial charge < -0.3 is 19.0 Å². The quantitative estimate of drug-likeness (QED) is 0.588. The highest BCUT2D eigenvalue weighted by Gasteiger charge is 2.17. The molecule has 1 N–H and O–H groups in total. The summed E-state index contributed by atoms with van der Waals surface area (Å²) >= 11 is 0. The molecule has 0 atom stereocenters. The maximum Gasteiger partial charge on any atom is 0.383 e. The molecule has 1 aromatic heterocycles. The Morgan fingerprint density at radius 1 is 1.20 bits per heavy atom. The first kappa shape index (κ1) is 18.6. The van der Waals surface area contributed by atoms with E-state index in [0.29, 0.717) is 17.7 Å². The van der Waals surface area contributed by atoms with Gasteiger partial charge in [0.15, 0.2) is 5.75 Å². The van der Waals surface area contributed by atoms with Gasteiger partial charge in [-0.05, 0) is 51.8 Å². The van der Waals surface area contributed by atoms with Crippen molar-refractivity contribution in [3.8, 4) is 17.2 Å². The zero-order chi connectivity index (χ0) is 18.4. The van der Waals surface area contributed by atoms with Crippen LogP contribution in [-0.4, -0.2) is 18.8 Å². The Bertz CT molecular complexity index is 854. The van der Waals surface area contributed by atoms with E-state index in [4.69, 9.17) is 13.9 Å². The fourth-order valence-electron chi connectivity index (χ4n) is 2.42. The number of hydrogen-bond donors (Lipinski definition) is 1. The maximum atomic E-state index is 12.0. The van der Waals surface area contributed by atoms with Gasteiger partial charge in [0, 0.05) is 6.07 Å². The lowest BCUT2D eigenvalue weighted by atomic mass is 10.1. The van der Waals surface area contributed by atoms with Crippen LogP contribution in [0.1, 0.15) is 33.6 Å². The predicted molar refractivity (Wildman–Crippen MR) is 98.6 cm³/mol. The van der Waals surface area contributed by atoms with Crippen molar-refractivity contribution in [3.05, 3.63) is 51.9 Å². The number of ether oxygens (including phenoxy) is 2. The fourth-order valence-corrected chi connectivity index (χ4v) is 2.42. The van der Waals surface area contributed by atoms with Gasteiger partial charge >= 0.3 is 5.63 Å². The lowest BCUT2D eigenvalue weighted by Gasteiger charge is -2.11. The second-order valence-electron chi connectivity index (χ2n) is 6.11. The minimum Gasteiger partial charge on any atom is -0.508 e. The summed E-state index contributed by atoms with van der Waals surface area (Å²) in [5.41, 5.74) is 2.13. The third-order valence-corrected chi connectivity index (χ3v) is 3.76. The number of benzene rings is 1. The van der Waals surface area contributed by atoms with Gasteiger partial charge in [-0.3, -0.25) is 0 Å². The van der Waals surface area contributed by atoms with Crippen LogP contribution in [0.3, 0.4) is 0 Å². The molecule has 1 heterocycles. The van der Waals surface area contributed by atoms with E-state index in [1.807, 2.05) is 6.08 Å². The molecule has 5 nitrogen and oxygen atoms in total. The van der Waals surface area contributed by atoms with E-state index in [0.717, 1.165) is 12.8 Å². The maximum absolute atomic E-state index is 12.0. The molecule has 2 rings (SSSR count). The molecule has 0 radical (unpaired) electrons. The van der Waals surface area contributed by atoms with Gasteiger partial charge in [0.25, 0.3) is 0 Å². The van der Waals surface area contributed by atoms with Gasteiger partial charge in [0.2, 0.25) is 5.75 Å². The smallest absolute Gasteiger partial charge is 0.383 e. The molecule has 0 amide bonds. The van der Waals surface area contributed by atoms with Crippen molar-refractivity contribution in [1.29, 1.82) is 0 Å². The largest absolute Gasteiger partial charge is 0.508 e. The molecule has 0 saturated heterocycles. The number of allylic oxidation sites excluding steroid dienone is 3.